The number of carbonyl (C=O) groups excluding carboxylic acids is 3. The average Bonchev–Trinajstić information content (AvgIpc) is 3.55. The Balaban J connectivity index is 1.59. The zero-order chi connectivity index (χ0) is 38.1. The van der Waals surface area contributed by atoms with Crippen LogP contribution in [0.4, 0.5) is 13.2 Å². The molecule has 3 aromatic rings. The van der Waals surface area contributed by atoms with E-state index in [-0.39, 0.29) is 48.2 Å². The largest absolute Gasteiger partial charge is 0.416 e. The number of amides is 2. The molecule has 0 unspecified atom stereocenters. The Hall–Kier alpha value is -3.75. The molecule has 9 nitrogen and oxygen atoms in total. The van der Waals surface area contributed by atoms with Crippen LogP contribution in [0.3, 0.4) is 0 Å². The Labute approximate surface area is 317 Å². The van der Waals surface area contributed by atoms with E-state index in [4.69, 9.17) is 23.1 Å². The molecular weight excluding hydrogens is 725 g/mol. The van der Waals surface area contributed by atoms with E-state index in [0.29, 0.717) is 67.1 Å². The minimum atomic E-state index is -4.69. The van der Waals surface area contributed by atoms with Crippen LogP contribution in [0.2, 0.25) is 5.02 Å². The van der Waals surface area contributed by atoms with Gasteiger partial charge in [0.05, 0.1) is 16.6 Å². The maximum absolute atomic E-state index is 14.4. The number of ketones is 1. The van der Waals surface area contributed by atoms with E-state index in [1.54, 1.807) is 19.3 Å². The lowest BCUT2D eigenvalue weighted by atomic mass is 9.90. The van der Waals surface area contributed by atoms with Crippen molar-refractivity contribution >= 4 is 46.5 Å². The predicted molar refractivity (Wildman–Crippen MR) is 201 cm³/mol. The third-order valence-corrected chi connectivity index (χ3v) is 11.5. The molecule has 3 atom stereocenters. The first kappa shape index (κ1) is 40.4. The molecule has 2 aromatic carbocycles. The molecule has 0 spiro atoms. The number of unbranched alkanes of at least 4 members (excludes halogenated alkanes) is 1. The summed E-state index contributed by atoms with van der Waals surface area (Å²) >= 11 is 7.66. The van der Waals surface area contributed by atoms with E-state index in [2.05, 4.69) is 15.6 Å². The fourth-order valence-electron chi connectivity index (χ4n) is 6.88. The van der Waals surface area contributed by atoms with Gasteiger partial charge in [0.1, 0.15) is 11.1 Å². The second-order valence-electron chi connectivity index (χ2n) is 13.5. The zero-order valence-corrected chi connectivity index (χ0v) is 31.3. The summed E-state index contributed by atoms with van der Waals surface area (Å²) in [5.41, 5.74) is 14.5. The predicted octanol–water partition coefficient (Wildman–Crippen LogP) is 6.29. The number of nitrogens with zero attached hydrogens (tertiary/aromatic N) is 2. The maximum atomic E-state index is 14.4. The van der Waals surface area contributed by atoms with Gasteiger partial charge in [-0.05, 0) is 91.2 Å². The van der Waals surface area contributed by atoms with E-state index < -0.39 is 35.6 Å². The van der Waals surface area contributed by atoms with Crippen LogP contribution in [0, 0.1) is 5.92 Å². The molecule has 5 rings (SSSR count). The number of aromatic nitrogens is 1. The molecule has 0 radical (unpaired) electrons. The van der Waals surface area contributed by atoms with Gasteiger partial charge in [-0.2, -0.15) is 13.2 Å². The number of hydrogen-bond acceptors (Lipinski definition) is 8. The highest BCUT2D eigenvalue weighted by molar-refractivity contribution is 7.99. The molecule has 53 heavy (non-hydrogen) atoms. The van der Waals surface area contributed by atoms with Crippen molar-refractivity contribution in [1.29, 1.82) is 0 Å². The summed E-state index contributed by atoms with van der Waals surface area (Å²) in [4.78, 5) is 49.0. The standard InChI is InChI=1S/C39H46ClF3N6O3S/c1-49-33(19-25-14-13-24-8-2-3-11-30(24)25)36(51)48-23-28-18-29(39(41,42)43)21-31(40)35(28)53-37-27(10-7-17-46-37)22-47-32(12-6-16-45)34(50)20-26(38(49)52)9-4-5-15-44/h2-3,7-8,10-11,14,17-18,21,26,32-33,47H,4-6,9,12-13,15-16,19-20,22-23,44-45H2,1H3,(H,48,51)/t26-,32+,33+/m1/s1. The Bertz CT molecular complexity index is 1820. The first-order chi connectivity index (χ1) is 25.4. The fourth-order valence-corrected chi connectivity index (χ4v) is 8.23. The van der Waals surface area contributed by atoms with Crippen LogP contribution in [-0.4, -0.2) is 59.7 Å². The van der Waals surface area contributed by atoms with Gasteiger partial charge in [0.2, 0.25) is 11.8 Å². The van der Waals surface area contributed by atoms with Crippen molar-refractivity contribution in [1.82, 2.24) is 20.5 Å². The molecule has 6 N–H and O–H groups in total. The number of alkyl halides is 3. The normalized spacial score (nSPS) is 20.3. The molecule has 0 saturated carbocycles. The van der Waals surface area contributed by atoms with Crippen molar-refractivity contribution < 1.29 is 27.6 Å². The van der Waals surface area contributed by atoms with Gasteiger partial charge in [-0.3, -0.25) is 14.4 Å². The highest BCUT2D eigenvalue weighted by Gasteiger charge is 2.36. The summed E-state index contributed by atoms with van der Waals surface area (Å²) in [6, 6.07) is 11.6. The molecule has 2 amide bonds. The SMILES string of the molecule is CN1C(=O)[C@H](CCCCN)CC(=O)[C@H](CCCN)NCc2cccnc2Sc2c(Cl)cc(C(F)(F)F)cc2CNC(=O)[C@@H]1CC1=CCc2ccccc21. The number of fused-ring (bicyclic) bond motifs is 3. The van der Waals surface area contributed by atoms with Gasteiger partial charge in [-0.15, -0.1) is 0 Å². The van der Waals surface area contributed by atoms with E-state index >= 15 is 0 Å². The number of nitrogens with one attached hydrogen (secondary N) is 2. The van der Waals surface area contributed by atoms with Gasteiger partial charge in [0.15, 0.2) is 5.78 Å². The van der Waals surface area contributed by atoms with Crippen LogP contribution < -0.4 is 22.1 Å². The maximum Gasteiger partial charge on any atom is 0.416 e. The molecular formula is C39H46ClF3N6O3S. The molecule has 1 aliphatic heterocycles. The van der Waals surface area contributed by atoms with Crippen LogP contribution in [0.25, 0.3) is 5.57 Å². The number of rotatable bonds is 9. The van der Waals surface area contributed by atoms with Crippen molar-refractivity contribution in [2.75, 3.05) is 20.1 Å². The highest BCUT2D eigenvalue weighted by Crippen LogP contribution is 2.41. The van der Waals surface area contributed by atoms with Crippen LogP contribution in [0.15, 0.2) is 70.7 Å². The Morgan fingerprint density at radius 3 is 2.47 bits per heavy atom. The number of allylic oxidation sites excluding steroid dienone is 1. The van der Waals surface area contributed by atoms with Gasteiger partial charge in [0, 0.05) is 50.0 Å². The summed E-state index contributed by atoms with van der Waals surface area (Å²) in [6.07, 6.45) is 2.35. The van der Waals surface area contributed by atoms with Gasteiger partial charge in [-0.1, -0.05) is 66.2 Å². The third-order valence-electron chi connectivity index (χ3n) is 9.84. The number of halogens is 4. The number of likely N-dealkylation sites (N-methyl/N-ethyl adjacent to an activating group) is 1. The average molecular weight is 771 g/mol. The number of pyridine rings is 1. The molecule has 14 heteroatoms. The first-order valence-corrected chi connectivity index (χ1v) is 19.1. The minimum absolute atomic E-state index is 0.0498. The Morgan fingerprint density at radius 2 is 1.72 bits per heavy atom. The van der Waals surface area contributed by atoms with Crippen molar-refractivity contribution in [2.45, 2.75) is 92.6 Å². The smallest absolute Gasteiger partial charge is 0.350 e. The monoisotopic (exact) mass is 770 g/mol. The van der Waals surface area contributed by atoms with Crippen molar-refractivity contribution in [2.24, 2.45) is 17.4 Å². The van der Waals surface area contributed by atoms with Crippen molar-refractivity contribution in [3.8, 4) is 0 Å². The number of hydrogen-bond donors (Lipinski definition) is 4. The van der Waals surface area contributed by atoms with Crippen molar-refractivity contribution in [3.05, 3.63) is 93.6 Å². The Kier molecular flexibility index (Phi) is 14.1. The van der Waals surface area contributed by atoms with E-state index in [9.17, 15) is 27.6 Å². The quantitative estimate of drug-likeness (QED) is 0.186. The lowest BCUT2D eigenvalue weighted by molar-refractivity contribution is -0.143. The minimum Gasteiger partial charge on any atom is -0.350 e. The van der Waals surface area contributed by atoms with Gasteiger partial charge in [-0.25, -0.2) is 4.98 Å². The number of carbonyl (C=O) groups is 3. The summed E-state index contributed by atoms with van der Waals surface area (Å²) < 4.78 is 42.2. The highest BCUT2D eigenvalue weighted by atomic mass is 35.5. The lowest BCUT2D eigenvalue weighted by Crippen LogP contribution is -2.50. The lowest BCUT2D eigenvalue weighted by Gasteiger charge is -2.32. The first-order valence-electron chi connectivity index (χ1n) is 17.9. The molecule has 0 bridgehead atoms. The Morgan fingerprint density at radius 1 is 0.962 bits per heavy atom. The second kappa shape index (κ2) is 18.5. The summed E-state index contributed by atoms with van der Waals surface area (Å²) in [6.45, 7) is 0.716. The summed E-state index contributed by atoms with van der Waals surface area (Å²) in [5, 5.41) is 6.52. The molecule has 1 aliphatic carbocycles. The van der Waals surface area contributed by atoms with E-state index in [1.165, 1.54) is 4.90 Å². The topological polar surface area (TPSA) is 143 Å². The van der Waals surface area contributed by atoms with E-state index in [0.717, 1.165) is 40.6 Å². The number of nitrogens with two attached hydrogens (primary N) is 2. The fraction of sp³-hybridized carbons (Fsp3) is 0.436. The van der Waals surface area contributed by atoms with Gasteiger partial charge in [0.25, 0.3) is 0 Å². The number of benzene rings is 2. The van der Waals surface area contributed by atoms with Crippen LogP contribution >= 0.6 is 23.4 Å². The summed E-state index contributed by atoms with van der Waals surface area (Å²) in [5.74, 6) is -1.79. The molecule has 2 heterocycles. The van der Waals surface area contributed by atoms with Crippen molar-refractivity contribution in [3.63, 3.8) is 0 Å². The molecule has 1 aromatic heterocycles. The summed E-state index contributed by atoms with van der Waals surface area (Å²) in [7, 11) is 1.55. The van der Waals surface area contributed by atoms with Gasteiger partial charge < -0.3 is 27.0 Å². The molecule has 0 saturated heterocycles. The van der Waals surface area contributed by atoms with Gasteiger partial charge >= 0.3 is 6.18 Å². The second-order valence-corrected chi connectivity index (χ2v) is 14.9. The molecule has 284 valence electrons. The van der Waals surface area contributed by atoms with Crippen LogP contribution in [-0.2, 0) is 40.1 Å². The van der Waals surface area contributed by atoms with E-state index in [1.807, 2.05) is 36.4 Å². The zero-order valence-electron chi connectivity index (χ0n) is 29.7. The van der Waals surface area contributed by atoms with Crippen LogP contribution in [0.1, 0.15) is 72.8 Å². The molecule has 0 fully saturated rings. The third kappa shape index (κ3) is 10.3. The molecule has 2 aliphatic rings. The number of Topliss-reactive ketones (excluding diaryl/α,β-unsaturated/α-hetero) is 1. The van der Waals surface area contributed by atoms with Crippen LogP contribution in [0.5, 0.6) is 0 Å².